The van der Waals surface area contributed by atoms with Gasteiger partial charge in [-0.25, -0.2) is 0 Å². The molecule has 0 atom stereocenters. The minimum atomic E-state index is 0.249. The molecule has 1 saturated heterocycles. The van der Waals surface area contributed by atoms with Crippen LogP contribution in [0.25, 0.3) is 11.3 Å². The summed E-state index contributed by atoms with van der Waals surface area (Å²) in [4.78, 5) is 17.3. The van der Waals surface area contributed by atoms with Gasteiger partial charge in [0.05, 0.1) is 0 Å². The maximum absolute atomic E-state index is 12.7. The van der Waals surface area contributed by atoms with Gasteiger partial charge < -0.3 is 9.42 Å². The van der Waals surface area contributed by atoms with E-state index in [0.29, 0.717) is 12.8 Å². The highest BCUT2D eigenvalue weighted by molar-refractivity contribution is 5.77. The molecule has 0 spiro atoms. The summed E-state index contributed by atoms with van der Waals surface area (Å²) in [6.07, 6.45) is 9.67. The van der Waals surface area contributed by atoms with Crippen molar-refractivity contribution in [1.29, 1.82) is 0 Å². The second-order valence-corrected chi connectivity index (χ2v) is 7.76. The molecule has 0 radical (unpaired) electrons. The molecule has 27 heavy (non-hydrogen) atoms. The predicted molar refractivity (Wildman–Crippen MR) is 105 cm³/mol. The number of rotatable bonds is 5. The minimum Gasteiger partial charge on any atom is -0.364 e. The van der Waals surface area contributed by atoms with Gasteiger partial charge >= 0.3 is 0 Å². The van der Waals surface area contributed by atoms with Gasteiger partial charge in [-0.1, -0.05) is 54.8 Å². The van der Waals surface area contributed by atoms with Gasteiger partial charge in [0.2, 0.25) is 5.91 Å². The van der Waals surface area contributed by atoms with E-state index in [-0.39, 0.29) is 5.91 Å². The average Bonchev–Trinajstić information content (AvgIpc) is 3.22. The number of nitrogens with zero attached hydrogens (tertiary/aromatic N) is 3. The quantitative estimate of drug-likeness (QED) is 0.808. The normalized spacial score (nSPS) is 19.3. The van der Waals surface area contributed by atoms with E-state index in [4.69, 9.17) is 4.52 Å². The van der Waals surface area contributed by atoms with E-state index in [1.807, 2.05) is 35.2 Å². The molecule has 0 unspecified atom stereocenters. The monoisotopic (exact) mass is 367 g/mol. The Morgan fingerprint density at radius 3 is 2.52 bits per heavy atom. The van der Waals surface area contributed by atoms with Crippen molar-refractivity contribution < 1.29 is 9.32 Å². The highest BCUT2D eigenvalue weighted by Crippen LogP contribution is 2.25. The number of hydrogen-bond donors (Lipinski definition) is 0. The SMILES string of the molecule is O=C(CCc1conc1-c1ccccc1)N1CCN(C2CCCCC2)CC1. The van der Waals surface area contributed by atoms with Crippen molar-refractivity contribution in [2.45, 2.75) is 51.0 Å². The van der Waals surface area contributed by atoms with Crippen LogP contribution in [0.3, 0.4) is 0 Å². The molecule has 4 rings (SSSR count). The van der Waals surface area contributed by atoms with Crippen LogP contribution in [-0.2, 0) is 11.2 Å². The van der Waals surface area contributed by atoms with Gasteiger partial charge in [-0.15, -0.1) is 0 Å². The number of aromatic nitrogens is 1. The molecule has 5 nitrogen and oxygen atoms in total. The van der Waals surface area contributed by atoms with Crippen molar-refractivity contribution in [1.82, 2.24) is 15.0 Å². The standard InChI is InChI=1S/C22H29N3O2/c26-21(25-15-13-24(14-16-25)20-9-5-2-6-10-20)12-11-19-17-27-23-22(19)18-7-3-1-4-8-18/h1,3-4,7-8,17,20H,2,5-6,9-16H2. The van der Waals surface area contributed by atoms with Gasteiger partial charge in [0.15, 0.2) is 0 Å². The number of amides is 1. The first kappa shape index (κ1) is 18.2. The fourth-order valence-corrected chi connectivity index (χ4v) is 4.45. The van der Waals surface area contributed by atoms with Crippen molar-refractivity contribution >= 4 is 5.91 Å². The second kappa shape index (κ2) is 8.70. The molecule has 1 aliphatic heterocycles. The highest BCUT2D eigenvalue weighted by atomic mass is 16.5. The van der Waals surface area contributed by atoms with E-state index in [2.05, 4.69) is 10.1 Å². The number of piperazine rings is 1. The Hall–Kier alpha value is -2.14. The number of carbonyl (C=O) groups excluding carboxylic acids is 1. The first-order valence-corrected chi connectivity index (χ1v) is 10.3. The van der Waals surface area contributed by atoms with E-state index >= 15 is 0 Å². The van der Waals surface area contributed by atoms with E-state index in [9.17, 15) is 4.79 Å². The fourth-order valence-electron chi connectivity index (χ4n) is 4.45. The summed E-state index contributed by atoms with van der Waals surface area (Å²) in [7, 11) is 0. The lowest BCUT2D eigenvalue weighted by Crippen LogP contribution is -2.52. The smallest absolute Gasteiger partial charge is 0.222 e. The second-order valence-electron chi connectivity index (χ2n) is 7.76. The molecule has 1 aromatic heterocycles. The van der Waals surface area contributed by atoms with Crippen LogP contribution in [0.1, 0.15) is 44.1 Å². The van der Waals surface area contributed by atoms with Gasteiger partial charge in [0, 0.05) is 49.8 Å². The molecule has 5 heteroatoms. The van der Waals surface area contributed by atoms with Crippen LogP contribution in [0.2, 0.25) is 0 Å². The number of aryl methyl sites for hydroxylation is 1. The lowest BCUT2D eigenvalue weighted by molar-refractivity contribution is -0.133. The molecule has 2 aromatic rings. The Balaban J connectivity index is 1.28. The molecular weight excluding hydrogens is 338 g/mol. The Morgan fingerprint density at radius 2 is 1.78 bits per heavy atom. The topological polar surface area (TPSA) is 49.6 Å². The summed E-state index contributed by atoms with van der Waals surface area (Å²) >= 11 is 0. The number of hydrogen-bond acceptors (Lipinski definition) is 4. The molecule has 1 amide bonds. The lowest BCUT2D eigenvalue weighted by atomic mass is 9.94. The van der Waals surface area contributed by atoms with Gasteiger partial charge in [-0.3, -0.25) is 9.69 Å². The third-order valence-electron chi connectivity index (χ3n) is 6.06. The molecule has 1 aliphatic carbocycles. The van der Waals surface area contributed by atoms with Gasteiger partial charge in [-0.05, 0) is 19.3 Å². The lowest BCUT2D eigenvalue weighted by Gasteiger charge is -2.40. The molecule has 2 aliphatic rings. The van der Waals surface area contributed by atoms with Crippen LogP contribution in [0.4, 0.5) is 0 Å². The van der Waals surface area contributed by atoms with Crippen molar-refractivity contribution in [3.63, 3.8) is 0 Å². The Morgan fingerprint density at radius 1 is 1.04 bits per heavy atom. The average molecular weight is 367 g/mol. The molecule has 2 heterocycles. The summed E-state index contributed by atoms with van der Waals surface area (Å²) in [6, 6.07) is 10.8. The van der Waals surface area contributed by atoms with Crippen LogP contribution in [0, 0.1) is 0 Å². The molecule has 0 N–H and O–H groups in total. The molecular formula is C22H29N3O2. The van der Waals surface area contributed by atoms with E-state index < -0.39 is 0 Å². The van der Waals surface area contributed by atoms with Crippen molar-refractivity contribution in [3.05, 3.63) is 42.2 Å². The maximum Gasteiger partial charge on any atom is 0.222 e. The van der Waals surface area contributed by atoms with Gasteiger partial charge in [-0.2, -0.15) is 0 Å². The van der Waals surface area contributed by atoms with Gasteiger partial charge in [0.25, 0.3) is 0 Å². The Labute approximate surface area is 161 Å². The van der Waals surface area contributed by atoms with Crippen molar-refractivity contribution in [2.24, 2.45) is 0 Å². The largest absolute Gasteiger partial charge is 0.364 e. The summed E-state index contributed by atoms with van der Waals surface area (Å²) < 4.78 is 5.18. The van der Waals surface area contributed by atoms with Crippen LogP contribution >= 0.6 is 0 Å². The number of benzene rings is 1. The number of carbonyl (C=O) groups is 1. The third kappa shape index (κ3) is 4.41. The Kier molecular flexibility index (Phi) is 5.87. The van der Waals surface area contributed by atoms with E-state index in [1.54, 1.807) is 6.26 Å². The Bertz CT molecular complexity index is 729. The maximum atomic E-state index is 12.7. The summed E-state index contributed by atoms with van der Waals surface area (Å²) in [5.41, 5.74) is 2.90. The molecule has 1 saturated carbocycles. The van der Waals surface area contributed by atoms with E-state index in [1.165, 1.54) is 32.1 Å². The molecule has 0 bridgehead atoms. The minimum absolute atomic E-state index is 0.249. The zero-order valence-corrected chi connectivity index (χ0v) is 16.0. The van der Waals surface area contributed by atoms with Crippen LogP contribution in [-0.4, -0.2) is 53.1 Å². The predicted octanol–water partition coefficient (Wildman–Crippen LogP) is 3.75. The van der Waals surface area contributed by atoms with Crippen LogP contribution < -0.4 is 0 Å². The van der Waals surface area contributed by atoms with E-state index in [0.717, 1.165) is 49.0 Å². The first-order valence-electron chi connectivity index (χ1n) is 10.3. The van der Waals surface area contributed by atoms with Gasteiger partial charge in [0.1, 0.15) is 12.0 Å². The first-order chi connectivity index (χ1) is 13.3. The van der Waals surface area contributed by atoms with Crippen LogP contribution in [0.5, 0.6) is 0 Å². The fraction of sp³-hybridized carbons (Fsp3) is 0.545. The molecule has 2 fully saturated rings. The van der Waals surface area contributed by atoms with Crippen molar-refractivity contribution in [3.8, 4) is 11.3 Å². The summed E-state index contributed by atoms with van der Waals surface area (Å²) in [5.74, 6) is 0.249. The molecule has 1 aromatic carbocycles. The van der Waals surface area contributed by atoms with Crippen molar-refractivity contribution in [2.75, 3.05) is 26.2 Å². The zero-order valence-electron chi connectivity index (χ0n) is 16.0. The molecule has 144 valence electrons. The van der Waals surface area contributed by atoms with Crippen LogP contribution in [0.15, 0.2) is 41.1 Å². The zero-order chi connectivity index (χ0) is 18.5. The summed E-state index contributed by atoms with van der Waals surface area (Å²) in [6.45, 7) is 3.78. The summed E-state index contributed by atoms with van der Waals surface area (Å²) in [5, 5.41) is 4.13. The highest BCUT2D eigenvalue weighted by Gasteiger charge is 2.27. The third-order valence-corrected chi connectivity index (χ3v) is 6.06.